The highest BCUT2D eigenvalue weighted by Crippen LogP contribution is 2.26. The van der Waals surface area contributed by atoms with E-state index in [1.165, 1.54) is 4.90 Å². The molecule has 0 radical (unpaired) electrons. The number of imide groups is 1. The van der Waals surface area contributed by atoms with E-state index in [4.69, 9.17) is 5.73 Å². The van der Waals surface area contributed by atoms with Crippen LogP contribution in [0.3, 0.4) is 0 Å². The minimum Gasteiger partial charge on any atom is -0.320 e. The standard InChI is InChI=1S/C16H18N2O2/c1-11-6-13(4-3-5-17)10-14(7-11)18-15(19)8-12(2)9-16(18)20/h6-7,10,12H,5,8-9,17H2,1-2H3. The maximum atomic E-state index is 12.1. The van der Waals surface area contributed by atoms with E-state index in [-0.39, 0.29) is 24.3 Å². The first-order valence-corrected chi connectivity index (χ1v) is 6.67. The quantitative estimate of drug-likeness (QED) is 0.622. The van der Waals surface area contributed by atoms with Crippen LogP contribution in [0.4, 0.5) is 5.69 Å². The summed E-state index contributed by atoms with van der Waals surface area (Å²) in [6, 6.07) is 5.51. The molecule has 0 bridgehead atoms. The molecule has 2 amide bonds. The van der Waals surface area contributed by atoms with Crippen molar-refractivity contribution < 1.29 is 9.59 Å². The molecular weight excluding hydrogens is 252 g/mol. The average molecular weight is 270 g/mol. The first-order valence-electron chi connectivity index (χ1n) is 6.67. The number of hydrogen-bond donors (Lipinski definition) is 1. The number of benzene rings is 1. The number of carbonyl (C=O) groups excluding carboxylic acids is 2. The lowest BCUT2D eigenvalue weighted by Gasteiger charge is -2.28. The van der Waals surface area contributed by atoms with E-state index in [0.29, 0.717) is 18.5 Å². The largest absolute Gasteiger partial charge is 0.320 e. The Morgan fingerprint density at radius 2 is 1.90 bits per heavy atom. The monoisotopic (exact) mass is 270 g/mol. The summed E-state index contributed by atoms with van der Waals surface area (Å²) >= 11 is 0. The van der Waals surface area contributed by atoms with Crippen molar-refractivity contribution in [2.24, 2.45) is 11.7 Å². The topological polar surface area (TPSA) is 63.4 Å². The third kappa shape index (κ3) is 3.06. The van der Waals surface area contributed by atoms with Crippen molar-refractivity contribution in [3.05, 3.63) is 29.3 Å². The van der Waals surface area contributed by atoms with Crippen LogP contribution in [-0.4, -0.2) is 18.4 Å². The lowest BCUT2D eigenvalue weighted by molar-refractivity contribution is -0.130. The second-order valence-electron chi connectivity index (χ2n) is 5.20. The molecular formula is C16H18N2O2. The fraction of sp³-hybridized carbons (Fsp3) is 0.375. The fourth-order valence-electron chi connectivity index (χ4n) is 2.40. The van der Waals surface area contributed by atoms with Crippen molar-refractivity contribution in [3.63, 3.8) is 0 Å². The van der Waals surface area contributed by atoms with Gasteiger partial charge in [-0.2, -0.15) is 0 Å². The molecule has 1 heterocycles. The van der Waals surface area contributed by atoms with Gasteiger partial charge in [0.2, 0.25) is 11.8 Å². The molecule has 2 N–H and O–H groups in total. The van der Waals surface area contributed by atoms with Crippen molar-refractivity contribution in [2.45, 2.75) is 26.7 Å². The van der Waals surface area contributed by atoms with Crippen LogP contribution < -0.4 is 10.6 Å². The van der Waals surface area contributed by atoms with Crippen molar-refractivity contribution in [1.29, 1.82) is 0 Å². The molecule has 1 fully saturated rings. The molecule has 104 valence electrons. The van der Waals surface area contributed by atoms with Gasteiger partial charge in [-0.25, -0.2) is 0 Å². The van der Waals surface area contributed by atoms with E-state index < -0.39 is 0 Å². The van der Waals surface area contributed by atoms with E-state index in [1.54, 1.807) is 6.07 Å². The minimum absolute atomic E-state index is 0.118. The highest BCUT2D eigenvalue weighted by Gasteiger charge is 2.31. The van der Waals surface area contributed by atoms with Gasteiger partial charge >= 0.3 is 0 Å². The Morgan fingerprint density at radius 3 is 2.50 bits per heavy atom. The number of nitrogens with zero attached hydrogens (tertiary/aromatic N) is 1. The van der Waals surface area contributed by atoms with E-state index in [1.807, 2.05) is 26.0 Å². The summed E-state index contributed by atoms with van der Waals surface area (Å²) in [6.45, 7) is 4.11. The summed E-state index contributed by atoms with van der Waals surface area (Å²) in [5.41, 5.74) is 7.70. The number of anilines is 1. The van der Waals surface area contributed by atoms with E-state index in [2.05, 4.69) is 11.8 Å². The molecule has 0 saturated carbocycles. The van der Waals surface area contributed by atoms with Crippen LogP contribution in [0, 0.1) is 24.7 Å². The average Bonchev–Trinajstić information content (AvgIpc) is 2.34. The molecule has 0 spiro atoms. The Labute approximate surface area is 118 Å². The van der Waals surface area contributed by atoms with Crippen LogP contribution in [0.2, 0.25) is 0 Å². The van der Waals surface area contributed by atoms with Crippen molar-refractivity contribution in [3.8, 4) is 11.8 Å². The molecule has 0 atom stereocenters. The second-order valence-corrected chi connectivity index (χ2v) is 5.20. The van der Waals surface area contributed by atoms with Crippen LogP contribution in [-0.2, 0) is 9.59 Å². The molecule has 2 rings (SSSR count). The minimum atomic E-state index is -0.142. The van der Waals surface area contributed by atoms with Crippen LogP contribution in [0.25, 0.3) is 0 Å². The van der Waals surface area contributed by atoms with Crippen LogP contribution >= 0.6 is 0 Å². The zero-order valence-electron chi connectivity index (χ0n) is 11.8. The highest BCUT2D eigenvalue weighted by molar-refractivity contribution is 6.16. The molecule has 1 aliphatic heterocycles. The summed E-state index contributed by atoms with van der Waals surface area (Å²) in [7, 11) is 0. The predicted octanol–water partition coefficient (Wildman–Crippen LogP) is 1.59. The lowest BCUT2D eigenvalue weighted by atomic mass is 9.97. The smallest absolute Gasteiger partial charge is 0.234 e. The van der Waals surface area contributed by atoms with Gasteiger partial charge in [0, 0.05) is 18.4 Å². The molecule has 4 heteroatoms. The molecule has 4 nitrogen and oxygen atoms in total. The van der Waals surface area contributed by atoms with Crippen LogP contribution in [0.15, 0.2) is 18.2 Å². The summed E-state index contributed by atoms with van der Waals surface area (Å²) < 4.78 is 0. The predicted molar refractivity (Wildman–Crippen MR) is 78.0 cm³/mol. The van der Waals surface area contributed by atoms with Gasteiger partial charge < -0.3 is 5.73 Å². The number of nitrogens with two attached hydrogens (primary N) is 1. The molecule has 1 aromatic rings. The van der Waals surface area contributed by atoms with Gasteiger partial charge in [0.1, 0.15) is 0 Å². The summed E-state index contributed by atoms with van der Waals surface area (Å²) in [6.07, 6.45) is 0.812. The Morgan fingerprint density at radius 1 is 1.25 bits per heavy atom. The van der Waals surface area contributed by atoms with Crippen molar-refractivity contribution >= 4 is 17.5 Å². The zero-order valence-corrected chi connectivity index (χ0v) is 11.8. The molecule has 1 aliphatic rings. The van der Waals surface area contributed by atoms with Crippen molar-refractivity contribution in [2.75, 3.05) is 11.4 Å². The summed E-state index contributed by atoms with van der Waals surface area (Å²) in [5.74, 6) is 5.55. The third-order valence-electron chi connectivity index (χ3n) is 3.20. The number of aryl methyl sites for hydroxylation is 1. The highest BCUT2D eigenvalue weighted by atomic mass is 16.2. The lowest BCUT2D eigenvalue weighted by Crippen LogP contribution is -2.42. The van der Waals surface area contributed by atoms with Crippen molar-refractivity contribution in [1.82, 2.24) is 0 Å². The maximum absolute atomic E-state index is 12.1. The van der Waals surface area contributed by atoms with E-state index in [9.17, 15) is 9.59 Å². The summed E-state index contributed by atoms with van der Waals surface area (Å²) in [5, 5.41) is 0. The molecule has 1 saturated heterocycles. The second kappa shape index (κ2) is 5.89. The van der Waals surface area contributed by atoms with Crippen LogP contribution in [0.1, 0.15) is 30.9 Å². The Hall–Kier alpha value is -2.12. The fourth-order valence-corrected chi connectivity index (χ4v) is 2.40. The first kappa shape index (κ1) is 14.3. The van der Waals surface area contributed by atoms with E-state index >= 15 is 0 Å². The maximum Gasteiger partial charge on any atom is 0.234 e. The Bertz CT molecular complexity index is 593. The molecule has 20 heavy (non-hydrogen) atoms. The van der Waals surface area contributed by atoms with Gasteiger partial charge in [-0.1, -0.05) is 18.8 Å². The van der Waals surface area contributed by atoms with Gasteiger partial charge in [0.15, 0.2) is 0 Å². The Balaban J connectivity index is 2.39. The molecule has 0 aliphatic carbocycles. The molecule has 0 aromatic heterocycles. The third-order valence-corrected chi connectivity index (χ3v) is 3.20. The number of hydrogen-bond acceptors (Lipinski definition) is 3. The van der Waals surface area contributed by atoms with Gasteiger partial charge in [-0.15, -0.1) is 0 Å². The molecule has 1 aromatic carbocycles. The van der Waals surface area contributed by atoms with Gasteiger partial charge in [0.25, 0.3) is 0 Å². The molecule has 0 unspecified atom stereocenters. The Kier molecular flexibility index (Phi) is 4.21. The number of piperidine rings is 1. The number of carbonyl (C=O) groups is 2. The first-order chi connectivity index (χ1) is 9.51. The van der Waals surface area contributed by atoms with Gasteiger partial charge in [-0.3, -0.25) is 14.5 Å². The zero-order chi connectivity index (χ0) is 14.7. The van der Waals surface area contributed by atoms with Gasteiger partial charge in [-0.05, 0) is 36.6 Å². The van der Waals surface area contributed by atoms with Gasteiger partial charge in [0.05, 0.1) is 12.2 Å². The normalized spacial score (nSPS) is 16.1. The summed E-state index contributed by atoms with van der Waals surface area (Å²) in [4.78, 5) is 25.5. The van der Waals surface area contributed by atoms with E-state index in [0.717, 1.165) is 11.1 Å². The van der Waals surface area contributed by atoms with Crippen LogP contribution in [0.5, 0.6) is 0 Å². The number of rotatable bonds is 1. The number of amides is 2. The SMILES string of the molecule is Cc1cc(C#CCN)cc(N2C(=O)CC(C)CC2=O)c1.